The second kappa shape index (κ2) is 8.32. The number of benzene rings is 2. The Balaban J connectivity index is 1.86. The smallest absolute Gasteiger partial charge is 0.264 e. The van der Waals surface area contributed by atoms with Crippen LogP contribution in [0, 0.1) is 3.57 Å². The lowest BCUT2D eigenvalue weighted by Gasteiger charge is -2.08. The van der Waals surface area contributed by atoms with Crippen molar-refractivity contribution in [3.8, 4) is 11.5 Å². The Kier molecular flexibility index (Phi) is 6.10. The number of nitrogens with one attached hydrogen (secondary N) is 1. The van der Waals surface area contributed by atoms with Crippen LogP contribution in [-0.2, 0) is 4.79 Å². The van der Waals surface area contributed by atoms with E-state index in [4.69, 9.17) is 16.3 Å². The molecule has 0 saturated carbocycles. The van der Waals surface area contributed by atoms with E-state index in [9.17, 15) is 9.90 Å². The van der Waals surface area contributed by atoms with Gasteiger partial charge in [-0.15, -0.1) is 0 Å². The summed E-state index contributed by atoms with van der Waals surface area (Å²) in [7, 11) is 0. The Morgan fingerprint density at radius 3 is 2.77 bits per heavy atom. The molecule has 2 N–H and O–H groups in total. The number of rotatable bonds is 4. The van der Waals surface area contributed by atoms with Crippen molar-refractivity contribution in [2.75, 3.05) is 6.61 Å². The molecule has 2 aromatic carbocycles. The molecule has 8 heteroatoms. The number of thioether (sulfide) groups is 1. The third-order valence-corrected chi connectivity index (χ3v) is 5.34. The first-order valence-electron chi connectivity index (χ1n) is 7.66. The second-order valence-electron chi connectivity index (χ2n) is 5.24. The van der Waals surface area contributed by atoms with Crippen LogP contribution in [0.3, 0.4) is 0 Å². The minimum absolute atomic E-state index is 0.100. The van der Waals surface area contributed by atoms with Gasteiger partial charge in [0.15, 0.2) is 16.7 Å². The number of carbonyl (C=O) groups is 1. The van der Waals surface area contributed by atoms with Crippen molar-refractivity contribution >= 4 is 68.8 Å². The number of phenols is 1. The SMILES string of the molecule is CCOc1cc(/C=C2\SC(=Nc3ccc(Cl)cc3)NC2=O)cc(I)c1O. The predicted molar refractivity (Wildman–Crippen MR) is 114 cm³/mol. The van der Waals surface area contributed by atoms with E-state index in [1.165, 1.54) is 11.8 Å². The van der Waals surface area contributed by atoms with E-state index in [0.29, 0.717) is 36.7 Å². The van der Waals surface area contributed by atoms with Crippen LogP contribution in [0.5, 0.6) is 11.5 Å². The summed E-state index contributed by atoms with van der Waals surface area (Å²) in [6.07, 6.45) is 1.74. The maximum Gasteiger partial charge on any atom is 0.264 e. The molecule has 0 unspecified atom stereocenters. The van der Waals surface area contributed by atoms with E-state index >= 15 is 0 Å². The molecular weight excluding hydrogens is 487 g/mol. The summed E-state index contributed by atoms with van der Waals surface area (Å²) in [4.78, 5) is 17.1. The molecule has 0 radical (unpaired) electrons. The summed E-state index contributed by atoms with van der Waals surface area (Å²) in [6, 6.07) is 10.5. The Labute approximate surface area is 173 Å². The van der Waals surface area contributed by atoms with E-state index in [2.05, 4.69) is 10.3 Å². The van der Waals surface area contributed by atoms with Gasteiger partial charge in [0.05, 0.1) is 20.8 Å². The van der Waals surface area contributed by atoms with Gasteiger partial charge in [0.25, 0.3) is 5.91 Å². The van der Waals surface area contributed by atoms with Gasteiger partial charge in [-0.25, -0.2) is 4.99 Å². The molecule has 1 heterocycles. The van der Waals surface area contributed by atoms with Crippen molar-refractivity contribution in [3.05, 3.63) is 55.5 Å². The molecular formula is C18H14ClIN2O3S. The normalized spacial score (nSPS) is 17.0. The number of nitrogens with zero attached hydrogens (tertiary/aromatic N) is 1. The highest BCUT2D eigenvalue weighted by molar-refractivity contribution is 14.1. The number of halogens is 2. The van der Waals surface area contributed by atoms with Crippen LogP contribution in [0.15, 0.2) is 46.3 Å². The van der Waals surface area contributed by atoms with Crippen molar-refractivity contribution in [3.63, 3.8) is 0 Å². The van der Waals surface area contributed by atoms with E-state index in [1.807, 2.05) is 29.5 Å². The number of hydrogen-bond donors (Lipinski definition) is 2. The highest BCUT2D eigenvalue weighted by atomic mass is 127. The fourth-order valence-corrected chi connectivity index (χ4v) is 3.80. The predicted octanol–water partition coefficient (Wildman–Crippen LogP) is 4.94. The van der Waals surface area contributed by atoms with Gasteiger partial charge in [-0.3, -0.25) is 4.79 Å². The molecule has 134 valence electrons. The zero-order chi connectivity index (χ0) is 18.7. The molecule has 1 aliphatic heterocycles. The van der Waals surface area contributed by atoms with Crippen molar-refractivity contribution in [1.82, 2.24) is 5.32 Å². The standard InChI is InChI=1S/C18H14ClIN2O3S/c1-2-25-14-8-10(7-13(20)16(14)23)9-15-17(24)22-18(26-15)21-12-5-3-11(19)4-6-12/h3-9,23H,2H2,1H3,(H,21,22,24)/b15-9-. The second-order valence-corrected chi connectivity index (χ2v) is 7.87. The molecule has 0 aromatic heterocycles. The Hall–Kier alpha value is -1.71. The number of hydrogen-bond acceptors (Lipinski definition) is 5. The van der Waals surface area contributed by atoms with Crippen molar-refractivity contribution < 1.29 is 14.6 Å². The Morgan fingerprint density at radius 2 is 2.08 bits per heavy atom. The van der Waals surface area contributed by atoms with Crippen LogP contribution in [0.4, 0.5) is 5.69 Å². The molecule has 5 nitrogen and oxygen atoms in total. The summed E-state index contributed by atoms with van der Waals surface area (Å²) < 4.78 is 6.09. The Bertz CT molecular complexity index is 913. The fourth-order valence-electron chi connectivity index (χ4n) is 2.21. The molecule has 0 atom stereocenters. The maximum atomic E-state index is 12.2. The van der Waals surface area contributed by atoms with Gasteiger partial charge >= 0.3 is 0 Å². The highest BCUT2D eigenvalue weighted by Gasteiger charge is 2.24. The average molecular weight is 501 g/mol. The van der Waals surface area contributed by atoms with Crippen molar-refractivity contribution in [2.24, 2.45) is 4.99 Å². The zero-order valence-corrected chi connectivity index (χ0v) is 17.4. The first kappa shape index (κ1) is 19.1. The quantitative estimate of drug-likeness (QED) is 0.461. The molecule has 0 aliphatic carbocycles. The molecule has 1 fully saturated rings. The van der Waals surface area contributed by atoms with Gasteiger partial charge in [0, 0.05) is 5.02 Å². The zero-order valence-electron chi connectivity index (χ0n) is 13.6. The topological polar surface area (TPSA) is 70.9 Å². The summed E-state index contributed by atoms with van der Waals surface area (Å²) in [6.45, 7) is 2.29. The maximum absolute atomic E-state index is 12.2. The van der Waals surface area contributed by atoms with E-state index in [1.54, 1.807) is 42.5 Å². The molecule has 3 rings (SSSR count). The lowest BCUT2D eigenvalue weighted by Crippen LogP contribution is -2.19. The van der Waals surface area contributed by atoms with Crippen LogP contribution in [0.2, 0.25) is 5.02 Å². The van der Waals surface area contributed by atoms with Gasteiger partial charge in [-0.1, -0.05) is 11.6 Å². The fraction of sp³-hybridized carbons (Fsp3) is 0.111. The van der Waals surface area contributed by atoms with Gasteiger partial charge in [0.2, 0.25) is 0 Å². The lowest BCUT2D eigenvalue weighted by molar-refractivity contribution is -0.115. The number of ether oxygens (including phenoxy) is 1. The van der Waals surface area contributed by atoms with Gasteiger partial charge in [0.1, 0.15) is 0 Å². The van der Waals surface area contributed by atoms with E-state index in [0.717, 1.165) is 5.56 Å². The number of aromatic hydroxyl groups is 1. The number of carbonyl (C=O) groups excluding carboxylic acids is 1. The van der Waals surface area contributed by atoms with Crippen molar-refractivity contribution in [1.29, 1.82) is 0 Å². The van der Waals surface area contributed by atoms with Crippen LogP contribution >= 0.6 is 46.0 Å². The van der Waals surface area contributed by atoms with Crippen LogP contribution in [0.25, 0.3) is 6.08 Å². The summed E-state index contributed by atoms with van der Waals surface area (Å²) in [5.41, 5.74) is 1.47. The Morgan fingerprint density at radius 1 is 1.35 bits per heavy atom. The summed E-state index contributed by atoms with van der Waals surface area (Å²) >= 11 is 9.14. The summed E-state index contributed by atoms with van der Waals surface area (Å²) in [5.74, 6) is 0.275. The molecule has 26 heavy (non-hydrogen) atoms. The number of amidine groups is 1. The lowest BCUT2D eigenvalue weighted by atomic mass is 10.2. The van der Waals surface area contributed by atoms with Gasteiger partial charge in [-0.2, -0.15) is 0 Å². The highest BCUT2D eigenvalue weighted by Crippen LogP contribution is 2.35. The minimum atomic E-state index is -0.219. The minimum Gasteiger partial charge on any atom is -0.504 e. The molecule has 0 spiro atoms. The van der Waals surface area contributed by atoms with Gasteiger partial charge < -0.3 is 15.2 Å². The molecule has 1 amide bonds. The third-order valence-electron chi connectivity index (χ3n) is 3.36. The largest absolute Gasteiger partial charge is 0.504 e. The van der Waals surface area contributed by atoms with Crippen molar-refractivity contribution in [2.45, 2.75) is 6.92 Å². The first-order valence-corrected chi connectivity index (χ1v) is 9.94. The van der Waals surface area contributed by atoms with Crippen LogP contribution in [-0.4, -0.2) is 22.8 Å². The number of amides is 1. The first-order chi connectivity index (χ1) is 12.5. The average Bonchev–Trinajstić information content (AvgIpc) is 2.94. The molecule has 0 bridgehead atoms. The summed E-state index contributed by atoms with van der Waals surface area (Å²) in [5, 5.41) is 13.9. The third kappa shape index (κ3) is 4.52. The molecule has 1 aliphatic rings. The molecule has 2 aromatic rings. The number of phenolic OH excluding ortho intramolecular Hbond substituents is 1. The van der Waals surface area contributed by atoms with Crippen LogP contribution in [0.1, 0.15) is 12.5 Å². The molecule has 1 saturated heterocycles. The van der Waals surface area contributed by atoms with Gasteiger partial charge in [-0.05, 0) is 89.3 Å². The van der Waals surface area contributed by atoms with Crippen LogP contribution < -0.4 is 10.1 Å². The van der Waals surface area contributed by atoms with E-state index in [-0.39, 0.29) is 11.7 Å². The monoisotopic (exact) mass is 500 g/mol. The van der Waals surface area contributed by atoms with E-state index < -0.39 is 0 Å². The number of aliphatic imine (C=N–C) groups is 1.